The number of halogens is 1. The fraction of sp³-hybridized carbons (Fsp3) is 0.526. The first-order chi connectivity index (χ1) is 13.4. The molecule has 0 saturated carbocycles. The minimum absolute atomic E-state index is 0.0103. The van der Waals surface area contributed by atoms with Crippen molar-refractivity contribution in [2.75, 3.05) is 37.8 Å². The number of carbonyl (C=O) groups is 1. The molecule has 0 aromatic heterocycles. The lowest BCUT2D eigenvalue weighted by Crippen LogP contribution is -2.49. The average Bonchev–Trinajstić information content (AvgIpc) is 3.27. The highest BCUT2D eigenvalue weighted by Crippen LogP contribution is 2.38. The van der Waals surface area contributed by atoms with Gasteiger partial charge < -0.3 is 14.8 Å². The Morgan fingerprint density at radius 2 is 1.93 bits per heavy atom. The molecule has 0 spiro atoms. The van der Waals surface area contributed by atoms with Crippen molar-refractivity contribution in [3.63, 3.8) is 0 Å². The summed E-state index contributed by atoms with van der Waals surface area (Å²) in [6.07, 6.45) is 5.17. The Balaban J connectivity index is 1.44. The monoisotopic (exact) mass is 426 g/mol. The second-order valence-corrected chi connectivity index (χ2v) is 9.92. The van der Waals surface area contributed by atoms with E-state index in [2.05, 4.69) is 10.2 Å². The number of rotatable bonds is 4. The van der Waals surface area contributed by atoms with Crippen LogP contribution >= 0.6 is 11.6 Å². The molecular weight excluding hydrogens is 404 g/mol. The molecule has 3 aliphatic heterocycles. The third-order valence-electron chi connectivity index (χ3n) is 5.31. The van der Waals surface area contributed by atoms with E-state index in [-0.39, 0.29) is 29.5 Å². The molecule has 1 amide bonds. The van der Waals surface area contributed by atoms with Crippen LogP contribution in [0, 0.1) is 0 Å². The maximum Gasteiger partial charge on any atom is 0.244 e. The predicted molar refractivity (Wildman–Crippen MR) is 107 cm³/mol. The van der Waals surface area contributed by atoms with Crippen molar-refractivity contribution in [1.82, 2.24) is 10.2 Å². The first-order valence-electron chi connectivity index (χ1n) is 9.43. The SMILES string of the molecule is O=C(/C=C/c1cc(Cl)c2c(c1)OCCO2)NC1CS(=O)(=O)CC1N1CCCC1. The molecule has 7 nitrogen and oxygen atoms in total. The molecule has 9 heteroatoms. The Kier molecular flexibility index (Phi) is 5.53. The van der Waals surface area contributed by atoms with Crippen molar-refractivity contribution in [2.24, 2.45) is 0 Å². The highest BCUT2D eigenvalue weighted by molar-refractivity contribution is 7.91. The molecule has 2 saturated heterocycles. The molecule has 3 heterocycles. The summed E-state index contributed by atoms with van der Waals surface area (Å²) in [5, 5.41) is 3.30. The van der Waals surface area contributed by atoms with Crippen LogP contribution in [0.5, 0.6) is 11.5 Å². The van der Waals surface area contributed by atoms with Crippen molar-refractivity contribution in [1.29, 1.82) is 0 Å². The van der Waals surface area contributed by atoms with Gasteiger partial charge in [0.05, 0.1) is 22.6 Å². The van der Waals surface area contributed by atoms with Gasteiger partial charge >= 0.3 is 0 Å². The van der Waals surface area contributed by atoms with E-state index in [1.807, 2.05) is 0 Å². The zero-order chi connectivity index (χ0) is 19.7. The van der Waals surface area contributed by atoms with E-state index in [4.69, 9.17) is 21.1 Å². The lowest BCUT2D eigenvalue weighted by molar-refractivity contribution is -0.117. The highest BCUT2D eigenvalue weighted by atomic mass is 35.5. The predicted octanol–water partition coefficient (Wildman–Crippen LogP) is 1.50. The largest absolute Gasteiger partial charge is 0.486 e. The van der Waals surface area contributed by atoms with Gasteiger partial charge in [-0.15, -0.1) is 0 Å². The van der Waals surface area contributed by atoms with E-state index in [0.29, 0.717) is 35.3 Å². The average molecular weight is 427 g/mol. The number of sulfone groups is 1. The molecule has 2 atom stereocenters. The third-order valence-corrected chi connectivity index (χ3v) is 7.30. The second-order valence-electron chi connectivity index (χ2n) is 7.36. The number of amides is 1. The number of nitrogens with one attached hydrogen (secondary N) is 1. The number of ether oxygens (including phenoxy) is 2. The van der Waals surface area contributed by atoms with E-state index < -0.39 is 9.84 Å². The quantitative estimate of drug-likeness (QED) is 0.734. The van der Waals surface area contributed by atoms with E-state index in [1.165, 1.54) is 6.08 Å². The first-order valence-corrected chi connectivity index (χ1v) is 11.6. The molecule has 0 bridgehead atoms. The Labute approximate surface area is 169 Å². The zero-order valence-electron chi connectivity index (χ0n) is 15.4. The molecular formula is C19H23ClN2O5S. The first kappa shape index (κ1) is 19.5. The van der Waals surface area contributed by atoms with Crippen molar-refractivity contribution >= 4 is 33.4 Å². The van der Waals surface area contributed by atoms with Crippen molar-refractivity contribution < 1.29 is 22.7 Å². The van der Waals surface area contributed by atoms with E-state index in [9.17, 15) is 13.2 Å². The Hall–Kier alpha value is -1.77. The van der Waals surface area contributed by atoms with Gasteiger partial charge in [-0.3, -0.25) is 9.69 Å². The van der Waals surface area contributed by atoms with Crippen LogP contribution in [0.25, 0.3) is 6.08 Å². The van der Waals surface area contributed by atoms with Crippen LogP contribution in [0.3, 0.4) is 0 Å². The Bertz CT molecular complexity index is 896. The summed E-state index contributed by atoms with van der Waals surface area (Å²) in [5.41, 5.74) is 0.708. The minimum Gasteiger partial charge on any atom is -0.486 e. The molecule has 1 N–H and O–H groups in total. The fourth-order valence-corrected chi connectivity index (χ4v) is 6.26. The molecule has 1 aromatic carbocycles. The van der Waals surface area contributed by atoms with Gasteiger partial charge in [0.1, 0.15) is 13.2 Å². The van der Waals surface area contributed by atoms with Gasteiger partial charge in [-0.2, -0.15) is 0 Å². The number of benzene rings is 1. The summed E-state index contributed by atoms with van der Waals surface area (Å²) in [5.74, 6) is 0.842. The van der Waals surface area contributed by atoms with Gasteiger partial charge in [0.15, 0.2) is 21.3 Å². The molecule has 2 fully saturated rings. The summed E-state index contributed by atoms with van der Waals surface area (Å²) < 4.78 is 35.2. The Morgan fingerprint density at radius 3 is 2.71 bits per heavy atom. The van der Waals surface area contributed by atoms with Crippen molar-refractivity contribution in [3.05, 3.63) is 28.8 Å². The lowest BCUT2D eigenvalue weighted by atomic mass is 10.1. The zero-order valence-corrected chi connectivity index (χ0v) is 17.0. The van der Waals surface area contributed by atoms with Crippen LogP contribution in [0.4, 0.5) is 0 Å². The minimum atomic E-state index is -3.14. The molecule has 0 aliphatic carbocycles. The normalized spacial score (nSPS) is 26.6. The van der Waals surface area contributed by atoms with Crippen molar-refractivity contribution in [3.8, 4) is 11.5 Å². The molecule has 152 valence electrons. The number of hydrogen-bond donors (Lipinski definition) is 1. The van der Waals surface area contributed by atoms with Gasteiger partial charge in [0, 0.05) is 12.1 Å². The van der Waals surface area contributed by atoms with Gasteiger partial charge in [-0.1, -0.05) is 11.6 Å². The van der Waals surface area contributed by atoms with Gasteiger partial charge in [0.25, 0.3) is 0 Å². The van der Waals surface area contributed by atoms with Gasteiger partial charge in [-0.05, 0) is 49.7 Å². The van der Waals surface area contributed by atoms with E-state index in [1.54, 1.807) is 18.2 Å². The number of nitrogens with zero attached hydrogens (tertiary/aromatic N) is 1. The number of likely N-dealkylation sites (tertiary alicyclic amines) is 1. The summed E-state index contributed by atoms with van der Waals surface area (Å²) in [6.45, 7) is 2.67. The van der Waals surface area contributed by atoms with Gasteiger partial charge in [0.2, 0.25) is 5.91 Å². The lowest BCUT2D eigenvalue weighted by Gasteiger charge is -2.28. The van der Waals surface area contributed by atoms with E-state index >= 15 is 0 Å². The molecule has 2 unspecified atom stereocenters. The van der Waals surface area contributed by atoms with Crippen molar-refractivity contribution in [2.45, 2.75) is 24.9 Å². The molecule has 4 rings (SSSR count). The second kappa shape index (κ2) is 7.93. The van der Waals surface area contributed by atoms with Crippen LogP contribution in [-0.4, -0.2) is 69.1 Å². The molecule has 1 aromatic rings. The van der Waals surface area contributed by atoms with Crippen LogP contribution in [-0.2, 0) is 14.6 Å². The number of hydrogen-bond acceptors (Lipinski definition) is 6. The highest BCUT2D eigenvalue weighted by Gasteiger charge is 2.42. The van der Waals surface area contributed by atoms with E-state index in [0.717, 1.165) is 25.9 Å². The topological polar surface area (TPSA) is 84.9 Å². The summed E-state index contributed by atoms with van der Waals surface area (Å²) in [7, 11) is -3.14. The van der Waals surface area contributed by atoms with Crippen LogP contribution in [0.15, 0.2) is 18.2 Å². The third kappa shape index (κ3) is 4.29. The van der Waals surface area contributed by atoms with Gasteiger partial charge in [-0.25, -0.2) is 8.42 Å². The maximum atomic E-state index is 12.4. The van der Waals surface area contributed by atoms with Crippen LogP contribution in [0.1, 0.15) is 18.4 Å². The summed E-state index contributed by atoms with van der Waals surface area (Å²) in [4.78, 5) is 14.6. The summed E-state index contributed by atoms with van der Waals surface area (Å²) >= 11 is 6.21. The Morgan fingerprint density at radius 1 is 1.18 bits per heavy atom. The standard InChI is InChI=1S/C19H23ClN2O5S/c20-14-9-13(10-17-19(14)27-8-7-26-17)3-4-18(23)21-15-11-28(24,25)12-16(15)22-5-1-2-6-22/h3-4,9-10,15-16H,1-2,5-8,11-12H2,(H,21,23)/b4-3+. The molecule has 0 radical (unpaired) electrons. The van der Waals surface area contributed by atoms with Crippen LogP contribution < -0.4 is 14.8 Å². The van der Waals surface area contributed by atoms with Crippen LogP contribution in [0.2, 0.25) is 5.02 Å². The molecule has 28 heavy (non-hydrogen) atoms. The summed E-state index contributed by atoms with van der Waals surface area (Å²) in [6, 6.07) is 2.93. The number of fused-ring (bicyclic) bond motifs is 1. The smallest absolute Gasteiger partial charge is 0.244 e. The maximum absolute atomic E-state index is 12.4. The number of carbonyl (C=O) groups excluding carboxylic acids is 1. The fourth-order valence-electron chi connectivity index (χ4n) is 4.03. The molecule has 3 aliphatic rings.